The summed E-state index contributed by atoms with van der Waals surface area (Å²) in [6, 6.07) is 0.0252. The lowest BCUT2D eigenvalue weighted by atomic mass is 9.99. The van der Waals surface area contributed by atoms with E-state index in [9.17, 15) is 14.7 Å². The van der Waals surface area contributed by atoms with E-state index in [1.807, 2.05) is 0 Å². The van der Waals surface area contributed by atoms with Crippen molar-refractivity contribution in [2.45, 2.75) is 37.8 Å². The van der Waals surface area contributed by atoms with Gasteiger partial charge in [-0.15, -0.1) is 0 Å². The number of amides is 2. The summed E-state index contributed by atoms with van der Waals surface area (Å²) in [4.78, 5) is 27.6. The molecule has 2 heterocycles. The number of rotatable bonds is 5. The van der Waals surface area contributed by atoms with Crippen LogP contribution in [0.25, 0.3) is 0 Å². The predicted molar refractivity (Wildman–Crippen MR) is 77.2 cm³/mol. The van der Waals surface area contributed by atoms with Crippen molar-refractivity contribution in [3.8, 4) is 0 Å². The number of carbonyl (C=O) groups excluding carboxylic acids is 1. The zero-order valence-electron chi connectivity index (χ0n) is 12.8. The van der Waals surface area contributed by atoms with Crippen molar-refractivity contribution in [2.24, 2.45) is 0 Å². The minimum Gasteiger partial charge on any atom is -0.479 e. The van der Waals surface area contributed by atoms with Gasteiger partial charge in [0, 0.05) is 32.7 Å². The molecule has 0 aliphatic carbocycles. The molecule has 0 bridgehead atoms. The van der Waals surface area contributed by atoms with E-state index in [1.165, 1.54) is 0 Å². The molecule has 21 heavy (non-hydrogen) atoms. The molecule has 2 N–H and O–H groups in total. The SMILES string of the molecule is CCN1CCCC1CN(C)C(=O)NC1(C(=O)O)CCOC1. The quantitative estimate of drug-likeness (QED) is 0.766. The molecule has 120 valence electrons. The Balaban J connectivity index is 1.91. The summed E-state index contributed by atoms with van der Waals surface area (Å²) < 4.78 is 5.15. The number of aliphatic carboxylic acids is 1. The van der Waals surface area contributed by atoms with Crippen molar-refractivity contribution in [1.82, 2.24) is 15.1 Å². The van der Waals surface area contributed by atoms with Gasteiger partial charge in [0.05, 0.1) is 6.61 Å². The third kappa shape index (κ3) is 3.47. The topological polar surface area (TPSA) is 82.1 Å². The highest BCUT2D eigenvalue weighted by atomic mass is 16.5. The van der Waals surface area contributed by atoms with Crippen molar-refractivity contribution in [2.75, 3.05) is 39.9 Å². The molecule has 0 aromatic heterocycles. The number of carboxylic acid groups (broad SMARTS) is 1. The molecule has 0 saturated carbocycles. The van der Waals surface area contributed by atoms with Gasteiger partial charge < -0.3 is 20.1 Å². The number of likely N-dealkylation sites (N-methyl/N-ethyl adjacent to an activating group) is 2. The summed E-state index contributed by atoms with van der Waals surface area (Å²) in [5, 5.41) is 12.0. The van der Waals surface area contributed by atoms with E-state index < -0.39 is 11.5 Å². The Kier molecular flexibility index (Phi) is 5.05. The van der Waals surface area contributed by atoms with Gasteiger partial charge in [-0.25, -0.2) is 9.59 Å². The number of carboxylic acids is 1. The molecule has 0 spiro atoms. The minimum absolute atomic E-state index is 0.0342. The maximum Gasteiger partial charge on any atom is 0.332 e. The van der Waals surface area contributed by atoms with E-state index in [0.717, 1.165) is 25.9 Å². The van der Waals surface area contributed by atoms with Gasteiger partial charge in [0.25, 0.3) is 0 Å². The molecule has 0 aromatic carbocycles. The Hall–Kier alpha value is -1.34. The van der Waals surface area contributed by atoms with E-state index in [-0.39, 0.29) is 12.6 Å². The first-order chi connectivity index (χ1) is 9.98. The smallest absolute Gasteiger partial charge is 0.332 e. The van der Waals surface area contributed by atoms with Crippen LogP contribution in [0.15, 0.2) is 0 Å². The fourth-order valence-corrected chi connectivity index (χ4v) is 3.10. The first-order valence-electron chi connectivity index (χ1n) is 7.57. The van der Waals surface area contributed by atoms with Gasteiger partial charge in [-0.1, -0.05) is 6.92 Å². The normalized spacial score (nSPS) is 29.5. The highest BCUT2D eigenvalue weighted by Gasteiger charge is 2.44. The van der Waals surface area contributed by atoms with E-state index in [1.54, 1.807) is 11.9 Å². The third-order valence-electron chi connectivity index (χ3n) is 4.51. The molecule has 2 unspecified atom stereocenters. The zero-order valence-corrected chi connectivity index (χ0v) is 12.8. The van der Waals surface area contributed by atoms with Crippen LogP contribution in [0.3, 0.4) is 0 Å². The van der Waals surface area contributed by atoms with E-state index >= 15 is 0 Å². The number of nitrogens with zero attached hydrogens (tertiary/aromatic N) is 2. The van der Waals surface area contributed by atoms with Gasteiger partial charge in [-0.2, -0.15) is 0 Å². The standard InChI is InChI=1S/C14H25N3O4/c1-3-17-7-4-5-11(17)9-16(2)13(20)15-14(12(18)19)6-8-21-10-14/h11H,3-10H2,1-2H3,(H,15,20)(H,18,19). The fraction of sp³-hybridized carbons (Fsp3) is 0.857. The van der Waals surface area contributed by atoms with Gasteiger partial charge in [-0.3, -0.25) is 4.90 Å². The summed E-state index contributed by atoms with van der Waals surface area (Å²) in [6.07, 6.45) is 2.55. The van der Waals surface area contributed by atoms with Crippen molar-refractivity contribution in [1.29, 1.82) is 0 Å². The van der Waals surface area contributed by atoms with Gasteiger partial charge in [0.1, 0.15) is 0 Å². The third-order valence-corrected chi connectivity index (χ3v) is 4.51. The fourth-order valence-electron chi connectivity index (χ4n) is 3.10. The van der Waals surface area contributed by atoms with Crippen LogP contribution in [0, 0.1) is 0 Å². The Labute approximate surface area is 125 Å². The highest BCUT2D eigenvalue weighted by molar-refractivity contribution is 5.86. The van der Waals surface area contributed by atoms with Gasteiger partial charge in [0.2, 0.25) is 0 Å². The predicted octanol–water partition coefficient (Wildman–Crippen LogP) is 0.356. The molecule has 2 aliphatic rings. The van der Waals surface area contributed by atoms with Gasteiger partial charge in [0.15, 0.2) is 5.54 Å². The average Bonchev–Trinajstić information content (AvgIpc) is 3.08. The van der Waals surface area contributed by atoms with Crippen molar-refractivity contribution in [3.63, 3.8) is 0 Å². The summed E-state index contributed by atoms with van der Waals surface area (Å²) in [7, 11) is 1.72. The number of carbonyl (C=O) groups is 2. The largest absolute Gasteiger partial charge is 0.479 e. The molecule has 7 heteroatoms. The molecule has 2 saturated heterocycles. The lowest BCUT2D eigenvalue weighted by Crippen LogP contribution is -2.58. The van der Waals surface area contributed by atoms with Gasteiger partial charge >= 0.3 is 12.0 Å². The second-order valence-corrected chi connectivity index (χ2v) is 5.93. The van der Waals surface area contributed by atoms with Crippen LogP contribution in [0.5, 0.6) is 0 Å². The first-order valence-corrected chi connectivity index (χ1v) is 7.57. The maximum atomic E-state index is 12.3. The molecule has 2 amide bonds. The number of nitrogens with one attached hydrogen (secondary N) is 1. The van der Waals surface area contributed by atoms with Crippen LogP contribution in [-0.4, -0.2) is 78.4 Å². The van der Waals surface area contributed by atoms with Crippen LogP contribution in [-0.2, 0) is 9.53 Å². The molecule has 2 aliphatic heterocycles. The van der Waals surface area contributed by atoms with Crippen LogP contribution < -0.4 is 5.32 Å². The molecule has 2 rings (SSSR count). The second-order valence-electron chi connectivity index (χ2n) is 5.93. The molecule has 2 atom stereocenters. The lowest BCUT2D eigenvalue weighted by molar-refractivity contribution is -0.144. The van der Waals surface area contributed by atoms with Crippen molar-refractivity contribution < 1.29 is 19.4 Å². The maximum absolute atomic E-state index is 12.3. The Morgan fingerprint density at radius 3 is 2.86 bits per heavy atom. The molecular weight excluding hydrogens is 274 g/mol. The monoisotopic (exact) mass is 299 g/mol. The van der Waals surface area contributed by atoms with Crippen LogP contribution in [0.2, 0.25) is 0 Å². The van der Waals surface area contributed by atoms with Crippen molar-refractivity contribution >= 4 is 12.0 Å². The number of hydrogen-bond acceptors (Lipinski definition) is 4. The Morgan fingerprint density at radius 2 is 2.29 bits per heavy atom. The molecule has 7 nitrogen and oxygen atoms in total. The Morgan fingerprint density at radius 1 is 1.52 bits per heavy atom. The van der Waals surface area contributed by atoms with Crippen LogP contribution >= 0.6 is 0 Å². The number of ether oxygens (including phenoxy) is 1. The Bertz CT molecular complexity index is 396. The molecule has 2 fully saturated rings. The van der Waals surface area contributed by atoms with Gasteiger partial charge in [-0.05, 0) is 25.9 Å². The second kappa shape index (κ2) is 6.62. The van der Waals surface area contributed by atoms with Crippen molar-refractivity contribution in [3.05, 3.63) is 0 Å². The van der Waals surface area contributed by atoms with E-state index in [4.69, 9.17) is 4.74 Å². The molecule has 0 radical (unpaired) electrons. The lowest BCUT2D eigenvalue weighted by Gasteiger charge is -2.31. The first kappa shape index (κ1) is 16.0. The minimum atomic E-state index is -1.27. The number of hydrogen-bond donors (Lipinski definition) is 2. The van der Waals surface area contributed by atoms with E-state index in [2.05, 4.69) is 17.1 Å². The zero-order chi connectivity index (χ0) is 15.5. The van der Waals surface area contributed by atoms with E-state index in [0.29, 0.717) is 25.6 Å². The average molecular weight is 299 g/mol. The molecule has 0 aromatic rings. The summed E-state index contributed by atoms with van der Waals surface area (Å²) >= 11 is 0. The molecular formula is C14H25N3O4. The summed E-state index contributed by atoms with van der Waals surface area (Å²) in [5.41, 5.74) is -1.27. The van der Waals surface area contributed by atoms with Crippen LogP contribution in [0.4, 0.5) is 4.79 Å². The number of urea groups is 1. The summed E-state index contributed by atoms with van der Waals surface area (Å²) in [6.45, 7) is 5.19. The van der Waals surface area contributed by atoms with Crippen LogP contribution in [0.1, 0.15) is 26.2 Å². The highest BCUT2D eigenvalue weighted by Crippen LogP contribution is 2.20. The number of likely N-dealkylation sites (tertiary alicyclic amines) is 1. The summed E-state index contributed by atoms with van der Waals surface area (Å²) in [5.74, 6) is -1.03.